The number of ether oxygens (including phenoxy) is 1. The standard InChI is InChI=1S/C19H26F2O2/c1-2-3-4-5-6-14-7-9-15(10-8-14)19(22)23-18-12-11-16(20)13-17(18)21/h11-15H,2-10H2,1H3. The van der Waals surface area contributed by atoms with Gasteiger partial charge in [0.1, 0.15) is 5.82 Å². The minimum Gasteiger partial charge on any atom is -0.423 e. The maximum atomic E-state index is 13.5. The second-order valence-corrected chi connectivity index (χ2v) is 6.56. The molecule has 4 heteroatoms. The van der Waals surface area contributed by atoms with E-state index in [1.165, 1.54) is 38.2 Å². The predicted molar refractivity (Wildman–Crippen MR) is 86.2 cm³/mol. The lowest BCUT2D eigenvalue weighted by atomic mass is 9.80. The molecule has 1 aliphatic carbocycles. The fraction of sp³-hybridized carbons (Fsp3) is 0.632. The van der Waals surface area contributed by atoms with E-state index in [2.05, 4.69) is 6.92 Å². The highest BCUT2D eigenvalue weighted by atomic mass is 19.1. The molecule has 0 heterocycles. The summed E-state index contributed by atoms with van der Waals surface area (Å²) in [6, 6.07) is 3.00. The largest absolute Gasteiger partial charge is 0.423 e. The molecule has 1 aromatic carbocycles. The van der Waals surface area contributed by atoms with E-state index in [9.17, 15) is 13.6 Å². The van der Waals surface area contributed by atoms with Crippen LogP contribution in [0.25, 0.3) is 0 Å². The molecule has 0 spiro atoms. The number of benzene rings is 1. The molecule has 2 nitrogen and oxygen atoms in total. The van der Waals surface area contributed by atoms with Crippen LogP contribution in [0.1, 0.15) is 64.7 Å². The van der Waals surface area contributed by atoms with Crippen LogP contribution in [0.3, 0.4) is 0 Å². The molecule has 0 atom stereocenters. The Labute approximate surface area is 137 Å². The second-order valence-electron chi connectivity index (χ2n) is 6.56. The Morgan fingerprint density at radius 1 is 1.13 bits per heavy atom. The first-order valence-electron chi connectivity index (χ1n) is 8.77. The lowest BCUT2D eigenvalue weighted by Gasteiger charge is -2.27. The van der Waals surface area contributed by atoms with Crippen molar-refractivity contribution in [3.05, 3.63) is 29.8 Å². The zero-order valence-electron chi connectivity index (χ0n) is 13.8. The predicted octanol–water partition coefficient (Wildman–Crippen LogP) is 5.65. The van der Waals surface area contributed by atoms with E-state index in [1.807, 2.05) is 0 Å². The number of hydrogen-bond donors (Lipinski definition) is 0. The number of carbonyl (C=O) groups excluding carboxylic acids is 1. The van der Waals surface area contributed by atoms with Gasteiger partial charge in [-0.05, 0) is 43.7 Å². The maximum absolute atomic E-state index is 13.5. The molecular weight excluding hydrogens is 298 g/mol. The molecule has 0 radical (unpaired) electrons. The van der Waals surface area contributed by atoms with Crippen LogP contribution in [0.5, 0.6) is 5.75 Å². The third-order valence-electron chi connectivity index (χ3n) is 4.75. The highest BCUT2D eigenvalue weighted by Gasteiger charge is 2.28. The normalized spacial score (nSPS) is 21.2. The number of halogens is 2. The molecule has 1 aliphatic rings. The second kappa shape index (κ2) is 8.99. The van der Waals surface area contributed by atoms with Crippen LogP contribution in [0, 0.1) is 23.5 Å². The van der Waals surface area contributed by atoms with Gasteiger partial charge in [0.2, 0.25) is 0 Å². The van der Waals surface area contributed by atoms with Crippen LogP contribution in [-0.2, 0) is 4.79 Å². The van der Waals surface area contributed by atoms with Crippen molar-refractivity contribution in [1.29, 1.82) is 0 Å². The Kier molecular flexibility index (Phi) is 7.00. The van der Waals surface area contributed by atoms with Crippen molar-refractivity contribution in [3.63, 3.8) is 0 Å². The fourth-order valence-corrected chi connectivity index (χ4v) is 3.30. The van der Waals surface area contributed by atoms with Crippen molar-refractivity contribution in [1.82, 2.24) is 0 Å². The Bertz CT molecular complexity index is 508. The molecular formula is C19H26F2O2. The Morgan fingerprint density at radius 3 is 2.52 bits per heavy atom. The summed E-state index contributed by atoms with van der Waals surface area (Å²) in [4.78, 5) is 12.1. The summed E-state index contributed by atoms with van der Waals surface area (Å²) in [5, 5.41) is 0. The topological polar surface area (TPSA) is 26.3 Å². The molecule has 128 valence electrons. The third-order valence-corrected chi connectivity index (χ3v) is 4.75. The van der Waals surface area contributed by atoms with Gasteiger partial charge < -0.3 is 4.74 Å². The molecule has 0 bridgehead atoms. The quantitative estimate of drug-likeness (QED) is 0.368. The zero-order chi connectivity index (χ0) is 16.7. The van der Waals surface area contributed by atoms with Crippen LogP contribution in [0.4, 0.5) is 8.78 Å². The summed E-state index contributed by atoms with van der Waals surface area (Å²) < 4.78 is 31.5. The fourth-order valence-electron chi connectivity index (χ4n) is 3.30. The van der Waals surface area contributed by atoms with E-state index < -0.39 is 11.6 Å². The summed E-state index contributed by atoms with van der Waals surface area (Å²) in [5.41, 5.74) is 0. The van der Waals surface area contributed by atoms with E-state index in [-0.39, 0.29) is 17.6 Å². The molecule has 1 aromatic rings. The van der Waals surface area contributed by atoms with Crippen LogP contribution in [0.2, 0.25) is 0 Å². The number of rotatable bonds is 7. The number of carbonyl (C=O) groups is 1. The van der Waals surface area contributed by atoms with Gasteiger partial charge in [-0.2, -0.15) is 0 Å². The molecule has 23 heavy (non-hydrogen) atoms. The van der Waals surface area contributed by atoms with Gasteiger partial charge in [-0.1, -0.05) is 39.0 Å². The first-order chi connectivity index (χ1) is 11.1. The van der Waals surface area contributed by atoms with Gasteiger partial charge in [-0.15, -0.1) is 0 Å². The monoisotopic (exact) mass is 324 g/mol. The number of esters is 1. The van der Waals surface area contributed by atoms with E-state index in [0.29, 0.717) is 5.92 Å². The third kappa shape index (κ3) is 5.60. The van der Waals surface area contributed by atoms with Crippen LogP contribution in [0.15, 0.2) is 18.2 Å². The summed E-state index contributed by atoms with van der Waals surface area (Å²) in [7, 11) is 0. The summed E-state index contributed by atoms with van der Waals surface area (Å²) in [5.74, 6) is -1.53. The molecule has 0 N–H and O–H groups in total. The van der Waals surface area contributed by atoms with Crippen molar-refractivity contribution < 1.29 is 18.3 Å². The van der Waals surface area contributed by atoms with Crippen molar-refractivity contribution >= 4 is 5.97 Å². The van der Waals surface area contributed by atoms with Gasteiger partial charge in [0.25, 0.3) is 0 Å². The minimum atomic E-state index is -0.831. The Hall–Kier alpha value is -1.45. The number of hydrogen-bond acceptors (Lipinski definition) is 2. The highest BCUT2D eigenvalue weighted by Crippen LogP contribution is 2.33. The van der Waals surface area contributed by atoms with E-state index >= 15 is 0 Å². The smallest absolute Gasteiger partial charge is 0.314 e. The molecule has 0 aliphatic heterocycles. The lowest BCUT2D eigenvalue weighted by Crippen LogP contribution is -2.26. The van der Waals surface area contributed by atoms with Gasteiger partial charge >= 0.3 is 5.97 Å². The van der Waals surface area contributed by atoms with E-state index in [4.69, 9.17) is 4.74 Å². The average Bonchev–Trinajstić information content (AvgIpc) is 2.55. The van der Waals surface area contributed by atoms with Crippen molar-refractivity contribution in [2.45, 2.75) is 64.7 Å². The summed E-state index contributed by atoms with van der Waals surface area (Å²) in [6.07, 6.45) is 10.0. The summed E-state index contributed by atoms with van der Waals surface area (Å²) in [6.45, 7) is 2.21. The number of unbranched alkanes of at least 4 members (excludes halogenated alkanes) is 3. The molecule has 2 rings (SSSR count). The van der Waals surface area contributed by atoms with Gasteiger partial charge in [0.05, 0.1) is 5.92 Å². The molecule has 1 saturated carbocycles. The van der Waals surface area contributed by atoms with Gasteiger partial charge in [0, 0.05) is 6.07 Å². The van der Waals surface area contributed by atoms with Crippen molar-refractivity contribution in [3.8, 4) is 5.75 Å². The minimum absolute atomic E-state index is 0.161. The van der Waals surface area contributed by atoms with Crippen LogP contribution >= 0.6 is 0 Å². The molecule has 0 unspecified atom stereocenters. The van der Waals surface area contributed by atoms with Gasteiger partial charge in [-0.25, -0.2) is 8.78 Å². The van der Waals surface area contributed by atoms with Gasteiger partial charge in [-0.3, -0.25) is 4.79 Å². The van der Waals surface area contributed by atoms with E-state index in [0.717, 1.165) is 37.8 Å². The molecule has 0 amide bonds. The molecule has 0 saturated heterocycles. The molecule has 0 aromatic heterocycles. The first-order valence-corrected chi connectivity index (χ1v) is 8.77. The maximum Gasteiger partial charge on any atom is 0.314 e. The lowest BCUT2D eigenvalue weighted by molar-refractivity contribution is -0.140. The van der Waals surface area contributed by atoms with Crippen molar-refractivity contribution in [2.75, 3.05) is 0 Å². The van der Waals surface area contributed by atoms with Crippen molar-refractivity contribution in [2.24, 2.45) is 11.8 Å². The average molecular weight is 324 g/mol. The highest BCUT2D eigenvalue weighted by molar-refractivity contribution is 5.75. The SMILES string of the molecule is CCCCCCC1CCC(C(=O)Oc2ccc(F)cc2F)CC1. The zero-order valence-corrected chi connectivity index (χ0v) is 13.8. The van der Waals surface area contributed by atoms with Crippen LogP contribution < -0.4 is 4.74 Å². The Balaban J connectivity index is 1.75. The molecule has 1 fully saturated rings. The van der Waals surface area contributed by atoms with Gasteiger partial charge in [0.15, 0.2) is 11.6 Å². The van der Waals surface area contributed by atoms with Crippen LogP contribution in [-0.4, -0.2) is 5.97 Å². The first kappa shape index (κ1) is 17.9. The van der Waals surface area contributed by atoms with E-state index in [1.54, 1.807) is 0 Å². The summed E-state index contributed by atoms with van der Waals surface area (Å²) >= 11 is 0. The Morgan fingerprint density at radius 2 is 1.87 bits per heavy atom.